The minimum Gasteiger partial charge on any atom is -0.489 e. The monoisotopic (exact) mass is 441 g/mol. The standard InChI is InChI=1S/C24H25Cl2N3O/c1-14-17-12-19-18-11-16(26)4-5-21(18)29-23(19)24(22(17)28-20(14)3-2-8-25)30-13-15-6-9-27-10-7-15/h2-5,11-12,15,27-29H,6-10,13H2,1H3. The molecule has 4 nitrogen and oxygen atoms in total. The molecule has 0 atom stereocenters. The van der Waals surface area contributed by atoms with Crippen LogP contribution in [0.4, 0.5) is 0 Å². The average Bonchev–Trinajstić information content (AvgIpc) is 3.28. The maximum Gasteiger partial charge on any atom is 0.167 e. The van der Waals surface area contributed by atoms with Crippen LogP contribution in [0.25, 0.3) is 38.8 Å². The number of hydrogen-bond donors (Lipinski definition) is 3. The third-order valence-electron chi connectivity index (χ3n) is 6.18. The van der Waals surface area contributed by atoms with E-state index in [9.17, 15) is 0 Å². The second-order valence-corrected chi connectivity index (χ2v) is 8.84. The lowest BCUT2D eigenvalue weighted by Crippen LogP contribution is -2.30. The van der Waals surface area contributed by atoms with Gasteiger partial charge in [0.05, 0.1) is 17.6 Å². The molecule has 0 aliphatic carbocycles. The van der Waals surface area contributed by atoms with Gasteiger partial charge in [-0.1, -0.05) is 17.7 Å². The molecule has 0 bridgehead atoms. The van der Waals surface area contributed by atoms with Crippen molar-refractivity contribution in [2.75, 3.05) is 25.6 Å². The summed E-state index contributed by atoms with van der Waals surface area (Å²) >= 11 is 12.2. The Morgan fingerprint density at radius 3 is 2.67 bits per heavy atom. The molecule has 0 radical (unpaired) electrons. The van der Waals surface area contributed by atoms with Crippen molar-refractivity contribution in [2.24, 2.45) is 5.92 Å². The summed E-state index contributed by atoms with van der Waals surface area (Å²) in [6.45, 7) is 4.98. The van der Waals surface area contributed by atoms with Crippen LogP contribution in [0.1, 0.15) is 24.1 Å². The highest BCUT2D eigenvalue weighted by molar-refractivity contribution is 6.32. The Morgan fingerprint density at radius 2 is 1.87 bits per heavy atom. The maximum atomic E-state index is 6.53. The summed E-state index contributed by atoms with van der Waals surface area (Å²) in [7, 11) is 0. The van der Waals surface area contributed by atoms with Crippen LogP contribution in [0.15, 0.2) is 30.3 Å². The predicted octanol–water partition coefficient (Wildman–Crippen LogP) is 6.39. The van der Waals surface area contributed by atoms with E-state index >= 15 is 0 Å². The topological polar surface area (TPSA) is 52.8 Å². The summed E-state index contributed by atoms with van der Waals surface area (Å²) in [5, 5.41) is 7.57. The third-order valence-corrected chi connectivity index (χ3v) is 6.59. The van der Waals surface area contributed by atoms with E-state index < -0.39 is 0 Å². The Balaban J connectivity index is 1.70. The molecule has 5 rings (SSSR count). The molecule has 0 amide bonds. The lowest BCUT2D eigenvalue weighted by atomic mass is 9.99. The first kappa shape index (κ1) is 19.8. The highest BCUT2D eigenvalue weighted by Crippen LogP contribution is 2.41. The molecule has 2 aromatic heterocycles. The molecule has 1 aliphatic rings. The molecule has 1 saturated heterocycles. The van der Waals surface area contributed by atoms with Gasteiger partial charge in [-0.3, -0.25) is 0 Å². The highest BCUT2D eigenvalue weighted by atomic mass is 35.5. The van der Waals surface area contributed by atoms with Crippen LogP contribution in [0.3, 0.4) is 0 Å². The van der Waals surface area contributed by atoms with E-state index in [-0.39, 0.29) is 0 Å². The number of fused-ring (bicyclic) bond motifs is 4. The molecule has 30 heavy (non-hydrogen) atoms. The van der Waals surface area contributed by atoms with Crippen LogP contribution in [-0.2, 0) is 0 Å². The second kappa shape index (κ2) is 8.18. The van der Waals surface area contributed by atoms with Gasteiger partial charge >= 0.3 is 0 Å². The van der Waals surface area contributed by atoms with Crippen molar-refractivity contribution in [1.29, 1.82) is 0 Å². The van der Waals surface area contributed by atoms with E-state index in [0.717, 1.165) is 81.7 Å². The Morgan fingerprint density at radius 1 is 1.07 bits per heavy atom. The molecule has 3 heterocycles. The Labute approximate surface area is 185 Å². The molecular weight excluding hydrogens is 417 g/mol. The van der Waals surface area contributed by atoms with Crippen LogP contribution in [-0.4, -0.2) is 35.5 Å². The summed E-state index contributed by atoms with van der Waals surface area (Å²) in [5.41, 5.74) is 5.36. The number of aryl methyl sites for hydroxylation is 1. The molecule has 4 aromatic rings. The van der Waals surface area contributed by atoms with Crippen molar-refractivity contribution in [3.05, 3.63) is 46.6 Å². The summed E-state index contributed by atoms with van der Waals surface area (Å²) in [4.78, 5) is 7.14. The minimum absolute atomic E-state index is 0.484. The number of piperidine rings is 1. The van der Waals surface area contributed by atoms with Gasteiger partial charge in [-0.25, -0.2) is 0 Å². The molecule has 0 saturated carbocycles. The number of nitrogens with one attached hydrogen (secondary N) is 3. The van der Waals surface area contributed by atoms with Crippen molar-refractivity contribution in [3.8, 4) is 5.75 Å². The first-order valence-electron chi connectivity index (χ1n) is 10.5. The second-order valence-electron chi connectivity index (χ2n) is 8.09. The Hall–Kier alpha value is -2.14. The number of aromatic amines is 2. The third kappa shape index (κ3) is 3.47. The molecule has 6 heteroatoms. The van der Waals surface area contributed by atoms with Crippen LogP contribution < -0.4 is 10.1 Å². The molecule has 1 aliphatic heterocycles. The van der Waals surface area contributed by atoms with Gasteiger partial charge in [-0.2, -0.15) is 0 Å². The lowest BCUT2D eigenvalue weighted by molar-refractivity contribution is 0.218. The number of hydrogen-bond acceptors (Lipinski definition) is 2. The number of ether oxygens (including phenoxy) is 1. The summed E-state index contributed by atoms with van der Waals surface area (Å²) < 4.78 is 6.53. The molecule has 0 unspecified atom stereocenters. The molecular formula is C24H25Cl2N3O. The van der Waals surface area contributed by atoms with E-state index in [1.165, 1.54) is 5.56 Å². The zero-order chi connectivity index (χ0) is 20.7. The number of alkyl halides is 1. The quantitative estimate of drug-likeness (QED) is 0.314. The van der Waals surface area contributed by atoms with E-state index in [1.54, 1.807) is 0 Å². The van der Waals surface area contributed by atoms with Crippen molar-refractivity contribution in [1.82, 2.24) is 15.3 Å². The minimum atomic E-state index is 0.484. The van der Waals surface area contributed by atoms with Gasteiger partial charge in [0.2, 0.25) is 0 Å². The first-order chi connectivity index (χ1) is 14.7. The van der Waals surface area contributed by atoms with Crippen molar-refractivity contribution in [3.63, 3.8) is 0 Å². The fourth-order valence-corrected chi connectivity index (χ4v) is 4.76. The highest BCUT2D eigenvalue weighted by Gasteiger charge is 2.20. The summed E-state index contributed by atoms with van der Waals surface area (Å²) in [6.07, 6.45) is 6.29. The molecule has 3 N–H and O–H groups in total. The smallest absolute Gasteiger partial charge is 0.167 e. The average molecular weight is 442 g/mol. The largest absolute Gasteiger partial charge is 0.489 e. The fraction of sp³-hybridized carbons (Fsp3) is 0.333. The lowest BCUT2D eigenvalue weighted by Gasteiger charge is -2.23. The van der Waals surface area contributed by atoms with E-state index in [4.69, 9.17) is 27.9 Å². The van der Waals surface area contributed by atoms with Gasteiger partial charge in [-0.15, -0.1) is 11.6 Å². The number of aromatic nitrogens is 2. The van der Waals surface area contributed by atoms with E-state index in [2.05, 4.69) is 28.3 Å². The normalized spacial score (nSPS) is 15.8. The zero-order valence-corrected chi connectivity index (χ0v) is 18.5. The van der Waals surface area contributed by atoms with Crippen LogP contribution in [0.5, 0.6) is 5.75 Å². The zero-order valence-electron chi connectivity index (χ0n) is 16.9. The van der Waals surface area contributed by atoms with Gasteiger partial charge in [-0.05, 0) is 74.7 Å². The van der Waals surface area contributed by atoms with Gasteiger partial charge in [0.25, 0.3) is 0 Å². The number of H-pyrrole nitrogens is 2. The predicted molar refractivity (Wildman–Crippen MR) is 128 cm³/mol. The molecule has 0 spiro atoms. The van der Waals surface area contributed by atoms with Crippen LogP contribution in [0, 0.1) is 12.8 Å². The maximum absolute atomic E-state index is 6.53. The Bertz CT molecular complexity index is 1250. The number of benzene rings is 2. The summed E-state index contributed by atoms with van der Waals surface area (Å²) in [6, 6.07) is 8.21. The van der Waals surface area contributed by atoms with Crippen molar-refractivity contribution in [2.45, 2.75) is 19.8 Å². The number of halogens is 2. The SMILES string of the molecule is Cc1c(C=CCCl)[nH]c2c(OCC3CCNCC3)c3[nH]c4ccc(Cl)cc4c3cc12. The molecule has 1 fully saturated rings. The van der Waals surface area contributed by atoms with Crippen molar-refractivity contribution >= 4 is 62.0 Å². The fourth-order valence-electron chi connectivity index (χ4n) is 4.49. The van der Waals surface area contributed by atoms with Gasteiger partial charge in [0.1, 0.15) is 0 Å². The number of rotatable bonds is 5. The van der Waals surface area contributed by atoms with E-state index in [1.807, 2.05) is 30.4 Å². The van der Waals surface area contributed by atoms with Crippen LogP contribution in [0.2, 0.25) is 5.02 Å². The van der Waals surface area contributed by atoms with Crippen LogP contribution >= 0.6 is 23.2 Å². The van der Waals surface area contributed by atoms with Gasteiger partial charge in [0.15, 0.2) is 5.75 Å². The Kier molecular flexibility index (Phi) is 5.40. The van der Waals surface area contributed by atoms with Gasteiger partial charge in [0, 0.05) is 38.3 Å². The first-order valence-corrected chi connectivity index (χ1v) is 11.4. The van der Waals surface area contributed by atoms with Crippen molar-refractivity contribution < 1.29 is 4.74 Å². The molecule has 156 valence electrons. The summed E-state index contributed by atoms with van der Waals surface area (Å²) in [5.74, 6) is 1.95. The number of allylic oxidation sites excluding steroid dienone is 1. The molecule has 2 aromatic carbocycles. The van der Waals surface area contributed by atoms with Gasteiger partial charge < -0.3 is 20.0 Å². The van der Waals surface area contributed by atoms with E-state index in [0.29, 0.717) is 11.8 Å².